The Morgan fingerprint density at radius 3 is 2.35 bits per heavy atom. The molecule has 2 fully saturated rings. The maximum absolute atomic E-state index is 12.8. The standard InChI is InChI=1S/C20H30N2O3S/c1-16-5-7-17(8-6-16)9-10-18-11-14-21(15-12-18)20(23)19-4-3-13-22(19)26(2,24)25/h5-8,18-19H,3-4,9-15H2,1-2H3/t19-/m1/s1. The second kappa shape index (κ2) is 8.09. The molecule has 2 saturated heterocycles. The van der Waals surface area contributed by atoms with Crippen LogP contribution in [0.3, 0.4) is 0 Å². The highest BCUT2D eigenvalue weighted by molar-refractivity contribution is 7.88. The minimum atomic E-state index is -3.30. The first kappa shape index (κ1) is 19.4. The van der Waals surface area contributed by atoms with Crippen molar-refractivity contribution in [2.45, 2.75) is 51.5 Å². The van der Waals surface area contributed by atoms with Crippen LogP contribution in [-0.4, -0.2) is 55.5 Å². The number of aryl methyl sites for hydroxylation is 2. The molecule has 0 spiro atoms. The van der Waals surface area contributed by atoms with E-state index < -0.39 is 16.1 Å². The lowest BCUT2D eigenvalue weighted by atomic mass is 9.90. The first-order chi connectivity index (χ1) is 12.3. The van der Waals surface area contributed by atoms with Crippen LogP contribution >= 0.6 is 0 Å². The van der Waals surface area contributed by atoms with E-state index in [0.29, 0.717) is 18.9 Å². The number of hydrogen-bond donors (Lipinski definition) is 0. The Bertz CT molecular complexity index is 722. The van der Waals surface area contributed by atoms with Gasteiger partial charge in [0.05, 0.1) is 6.26 Å². The van der Waals surface area contributed by atoms with Crippen molar-refractivity contribution in [1.82, 2.24) is 9.21 Å². The van der Waals surface area contributed by atoms with Crippen LogP contribution in [0.2, 0.25) is 0 Å². The summed E-state index contributed by atoms with van der Waals surface area (Å²) < 4.78 is 25.1. The Morgan fingerprint density at radius 1 is 1.08 bits per heavy atom. The van der Waals surface area contributed by atoms with Crippen molar-refractivity contribution >= 4 is 15.9 Å². The van der Waals surface area contributed by atoms with Gasteiger partial charge in [0.15, 0.2) is 0 Å². The van der Waals surface area contributed by atoms with E-state index in [1.54, 1.807) is 0 Å². The molecule has 5 nitrogen and oxygen atoms in total. The van der Waals surface area contributed by atoms with Crippen molar-refractivity contribution in [2.24, 2.45) is 5.92 Å². The predicted octanol–water partition coefficient (Wildman–Crippen LogP) is 2.59. The average molecular weight is 379 g/mol. The van der Waals surface area contributed by atoms with Gasteiger partial charge in [0.2, 0.25) is 15.9 Å². The monoisotopic (exact) mass is 378 g/mol. The van der Waals surface area contributed by atoms with E-state index in [1.165, 1.54) is 21.7 Å². The van der Waals surface area contributed by atoms with Crippen LogP contribution in [0.25, 0.3) is 0 Å². The highest BCUT2D eigenvalue weighted by Crippen LogP contribution is 2.27. The summed E-state index contributed by atoms with van der Waals surface area (Å²) in [7, 11) is -3.30. The first-order valence-corrected chi connectivity index (χ1v) is 11.5. The molecule has 26 heavy (non-hydrogen) atoms. The Hall–Kier alpha value is -1.40. The lowest BCUT2D eigenvalue weighted by Crippen LogP contribution is -2.49. The second-order valence-corrected chi connectivity index (χ2v) is 9.76. The number of piperidine rings is 1. The van der Waals surface area contributed by atoms with Gasteiger partial charge in [-0.3, -0.25) is 4.79 Å². The number of nitrogens with zero attached hydrogens (tertiary/aromatic N) is 2. The summed E-state index contributed by atoms with van der Waals surface area (Å²) in [6, 6.07) is 8.24. The number of benzene rings is 1. The van der Waals surface area contributed by atoms with Crippen molar-refractivity contribution in [3.63, 3.8) is 0 Å². The fourth-order valence-corrected chi connectivity index (χ4v) is 5.28. The Kier molecular flexibility index (Phi) is 6.03. The normalized spacial score (nSPS) is 22.7. The fraction of sp³-hybridized carbons (Fsp3) is 0.650. The van der Waals surface area contributed by atoms with E-state index in [4.69, 9.17) is 0 Å². The molecule has 0 N–H and O–H groups in total. The number of carbonyl (C=O) groups excluding carboxylic acids is 1. The molecule has 0 aliphatic carbocycles. The summed E-state index contributed by atoms with van der Waals surface area (Å²) in [5.74, 6) is 0.653. The van der Waals surface area contributed by atoms with E-state index in [2.05, 4.69) is 31.2 Å². The molecule has 2 aliphatic heterocycles. The van der Waals surface area contributed by atoms with Gasteiger partial charge in [0.25, 0.3) is 0 Å². The van der Waals surface area contributed by atoms with Gasteiger partial charge in [-0.25, -0.2) is 8.42 Å². The topological polar surface area (TPSA) is 57.7 Å². The average Bonchev–Trinajstić information content (AvgIpc) is 3.11. The molecule has 0 unspecified atom stereocenters. The van der Waals surface area contributed by atoms with Crippen LogP contribution in [0.1, 0.15) is 43.2 Å². The minimum Gasteiger partial charge on any atom is -0.341 e. The zero-order valence-electron chi connectivity index (χ0n) is 15.9. The zero-order valence-corrected chi connectivity index (χ0v) is 16.7. The molecule has 0 saturated carbocycles. The molecular weight excluding hydrogens is 348 g/mol. The third-order valence-corrected chi connectivity index (χ3v) is 7.09. The molecule has 2 aliphatic rings. The van der Waals surface area contributed by atoms with Crippen molar-refractivity contribution in [3.05, 3.63) is 35.4 Å². The largest absolute Gasteiger partial charge is 0.341 e. The molecule has 0 radical (unpaired) electrons. The van der Waals surface area contributed by atoms with E-state index >= 15 is 0 Å². The van der Waals surface area contributed by atoms with Crippen molar-refractivity contribution in [3.8, 4) is 0 Å². The highest BCUT2D eigenvalue weighted by atomic mass is 32.2. The first-order valence-electron chi connectivity index (χ1n) is 9.66. The lowest BCUT2D eigenvalue weighted by molar-refractivity contribution is -0.136. The van der Waals surface area contributed by atoms with Gasteiger partial charge in [0.1, 0.15) is 6.04 Å². The number of rotatable bonds is 5. The van der Waals surface area contributed by atoms with Crippen LogP contribution in [-0.2, 0) is 21.2 Å². The minimum absolute atomic E-state index is 0.00455. The maximum atomic E-state index is 12.8. The third-order valence-electron chi connectivity index (χ3n) is 5.80. The number of sulfonamides is 1. The number of hydrogen-bond acceptors (Lipinski definition) is 3. The quantitative estimate of drug-likeness (QED) is 0.791. The maximum Gasteiger partial charge on any atom is 0.241 e. The van der Waals surface area contributed by atoms with Gasteiger partial charge in [-0.1, -0.05) is 29.8 Å². The van der Waals surface area contributed by atoms with Crippen molar-refractivity contribution < 1.29 is 13.2 Å². The van der Waals surface area contributed by atoms with Crippen LogP contribution in [0.4, 0.5) is 0 Å². The second-order valence-electron chi connectivity index (χ2n) is 7.82. The van der Waals surface area contributed by atoms with E-state index in [1.807, 2.05) is 4.90 Å². The molecule has 0 bridgehead atoms. The number of carbonyl (C=O) groups is 1. The summed E-state index contributed by atoms with van der Waals surface area (Å²) in [5.41, 5.74) is 2.67. The van der Waals surface area contributed by atoms with E-state index in [-0.39, 0.29) is 5.91 Å². The van der Waals surface area contributed by atoms with Gasteiger partial charge >= 0.3 is 0 Å². The Balaban J connectivity index is 1.48. The third kappa shape index (κ3) is 4.65. The summed E-state index contributed by atoms with van der Waals surface area (Å²) >= 11 is 0. The van der Waals surface area contributed by atoms with Gasteiger partial charge in [-0.15, -0.1) is 0 Å². The van der Waals surface area contributed by atoms with E-state index in [0.717, 1.165) is 45.2 Å². The van der Waals surface area contributed by atoms with Crippen molar-refractivity contribution in [1.29, 1.82) is 0 Å². The summed E-state index contributed by atoms with van der Waals surface area (Å²) in [5, 5.41) is 0. The smallest absolute Gasteiger partial charge is 0.241 e. The van der Waals surface area contributed by atoms with Crippen LogP contribution in [0, 0.1) is 12.8 Å². The highest BCUT2D eigenvalue weighted by Gasteiger charge is 2.39. The van der Waals surface area contributed by atoms with Crippen LogP contribution < -0.4 is 0 Å². The summed E-state index contributed by atoms with van der Waals surface area (Å²) in [4.78, 5) is 14.7. The fourth-order valence-electron chi connectivity index (χ4n) is 4.16. The number of likely N-dealkylation sites (tertiary alicyclic amines) is 1. The molecule has 6 heteroatoms. The Labute approximate surface area is 157 Å². The van der Waals surface area contributed by atoms with Gasteiger partial charge < -0.3 is 4.90 Å². The van der Waals surface area contributed by atoms with Crippen molar-refractivity contribution in [2.75, 3.05) is 25.9 Å². The lowest BCUT2D eigenvalue weighted by Gasteiger charge is -2.35. The SMILES string of the molecule is Cc1ccc(CCC2CCN(C(=O)[C@H]3CCCN3S(C)(=O)=O)CC2)cc1. The molecule has 144 valence electrons. The summed E-state index contributed by atoms with van der Waals surface area (Å²) in [6.45, 7) is 4.09. The molecular formula is C20H30N2O3S. The zero-order chi connectivity index (χ0) is 18.7. The summed E-state index contributed by atoms with van der Waals surface area (Å²) in [6.07, 6.45) is 6.91. The predicted molar refractivity (Wildman–Crippen MR) is 103 cm³/mol. The molecule has 1 amide bonds. The van der Waals surface area contributed by atoms with Crippen LogP contribution in [0.5, 0.6) is 0 Å². The van der Waals surface area contributed by atoms with Gasteiger partial charge in [0, 0.05) is 19.6 Å². The number of amides is 1. The molecule has 1 atom stereocenters. The molecule has 1 aromatic carbocycles. The molecule has 1 aromatic rings. The van der Waals surface area contributed by atoms with Gasteiger partial charge in [-0.05, 0) is 56.9 Å². The molecule has 3 rings (SSSR count). The van der Waals surface area contributed by atoms with Gasteiger partial charge in [-0.2, -0.15) is 4.31 Å². The van der Waals surface area contributed by atoms with E-state index in [9.17, 15) is 13.2 Å². The van der Waals surface area contributed by atoms with Crippen LogP contribution in [0.15, 0.2) is 24.3 Å². The Morgan fingerprint density at radius 2 is 1.73 bits per heavy atom. The molecule has 2 heterocycles. The molecule has 0 aromatic heterocycles.